The molecule has 3 heteroatoms. The van der Waals surface area contributed by atoms with Crippen LogP contribution < -0.4 is 0 Å². The molecule has 1 N–H and O–H groups in total. The second-order valence-corrected chi connectivity index (χ2v) is 5.57. The summed E-state index contributed by atoms with van der Waals surface area (Å²) in [4.78, 5) is 2.25. The van der Waals surface area contributed by atoms with Crippen molar-refractivity contribution < 1.29 is 9.84 Å². The van der Waals surface area contributed by atoms with Crippen molar-refractivity contribution in [1.29, 1.82) is 0 Å². The summed E-state index contributed by atoms with van der Waals surface area (Å²) in [5, 5.41) is 10.3. The molecule has 0 aromatic carbocycles. The van der Waals surface area contributed by atoms with Crippen molar-refractivity contribution in [3.8, 4) is 0 Å². The third kappa shape index (κ3) is 3.44. The van der Waals surface area contributed by atoms with E-state index in [2.05, 4.69) is 25.8 Å². The van der Waals surface area contributed by atoms with Gasteiger partial charge in [-0.3, -0.25) is 4.90 Å². The predicted octanol–water partition coefficient (Wildman–Crippen LogP) is 1.89. The van der Waals surface area contributed by atoms with Crippen LogP contribution >= 0.6 is 0 Å². The van der Waals surface area contributed by atoms with Crippen molar-refractivity contribution in [2.24, 2.45) is 5.41 Å². The normalized spacial score (nSPS) is 29.6. The van der Waals surface area contributed by atoms with E-state index in [1.165, 1.54) is 6.42 Å². The SMILES string of the molecule is CCOCCN(C)C1CCCC(C)(C)C1O. The van der Waals surface area contributed by atoms with E-state index in [9.17, 15) is 5.11 Å². The van der Waals surface area contributed by atoms with Gasteiger partial charge in [-0.25, -0.2) is 0 Å². The summed E-state index contributed by atoms with van der Waals surface area (Å²) >= 11 is 0. The van der Waals surface area contributed by atoms with Crippen LogP contribution in [0.1, 0.15) is 40.0 Å². The maximum absolute atomic E-state index is 10.3. The summed E-state index contributed by atoms with van der Waals surface area (Å²) in [5.74, 6) is 0. The molecule has 1 fully saturated rings. The van der Waals surface area contributed by atoms with Gasteiger partial charge in [0.15, 0.2) is 0 Å². The van der Waals surface area contributed by atoms with Crippen LogP contribution in [0.4, 0.5) is 0 Å². The van der Waals surface area contributed by atoms with Gasteiger partial charge < -0.3 is 9.84 Å². The molecule has 0 saturated heterocycles. The molecule has 0 amide bonds. The Morgan fingerprint density at radius 2 is 2.12 bits per heavy atom. The van der Waals surface area contributed by atoms with Crippen molar-refractivity contribution in [1.82, 2.24) is 4.90 Å². The fourth-order valence-electron chi connectivity index (χ4n) is 2.57. The van der Waals surface area contributed by atoms with Crippen molar-refractivity contribution >= 4 is 0 Å². The fraction of sp³-hybridized carbons (Fsp3) is 1.00. The van der Waals surface area contributed by atoms with Gasteiger partial charge in [0.1, 0.15) is 0 Å². The standard InChI is InChI=1S/C13H27NO2/c1-5-16-10-9-14(4)11-7-6-8-13(2,3)12(11)15/h11-12,15H,5-10H2,1-4H3. The Bertz CT molecular complexity index is 206. The molecule has 2 atom stereocenters. The summed E-state index contributed by atoms with van der Waals surface area (Å²) in [6.45, 7) is 8.79. The van der Waals surface area contributed by atoms with E-state index in [1.54, 1.807) is 0 Å². The maximum Gasteiger partial charge on any atom is 0.0746 e. The molecule has 2 unspecified atom stereocenters. The van der Waals surface area contributed by atoms with Crippen LogP contribution in [0.2, 0.25) is 0 Å². The summed E-state index contributed by atoms with van der Waals surface area (Å²) < 4.78 is 5.36. The minimum absolute atomic E-state index is 0.0583. The predicted molar refractivity (Wildman–Crippen MR) is 66.5 cm³/mol. The molecular weight excluding hydrogens is 202 g/mol. The van der Waals surface area contributed by atoms with Gasteiger partial charge in [0.2, 0.25) is 0 Å². The van der Waals surface area contributed by atoms with E-state index >= 15 is 0 Å². The van der Waals surface area contributed by atoms with Gasteiger partial charge in [0, 0.05) is 19.2 Å². The molecule has 1 saturated carbocycles. The van der Waals surface area contributed by atoms with Crippen molar-refractivity contribution in [2.75, 3.05) is 26.8 Å². The second kappa shape index (κ2) is 5.99. The quantitative estimate of drug-likeness (QED) is 0.731. The van der Waals surface area contributed by atoms with Gasteiger partial charge in [0.05, 0.1) is 12.7 Å². The number of hydrogen-bond acceptors (Lipinski definition) is 3. The van der Waals surface area contributed by atoms with Crippen molar-refractivity contribution in [3.05, 3.63) is 0 Å². The highest BCUT2D eigenvalue weighted by atomic mass is 16.5. The lowest BCUT2D eigenvalue weighted by molar-refractivity contribution is -0.0549. The lowest BCUT2D eigenvalue weighted by Gasteiger charge is -2.44. The molecule has 96 valence electrons. The van der Waals surface area contributed by atoms with Crippen molar-refractivity contribution in [3.63, 3.8) is 0 Å². The Labute approximate surface area is 99.8 Å². The summed E-state index contributed by atoms with van der Waals surface area (Å²) in [6.07, 6.45) is 3.23. The van der Waals surface area contributed by atoms with Gasteiger partial charge in [-0.15, -0.1) is 0 Å². The highest BCUT2D eigenvalue weighted by Gasteiger charge is 2.39. The van der Waals surface area contributed by atoms with E-state index in [0.717, 1.165) is 32.6 Å². The van der Waals surface area contributed by atoms with Crippen LogP contribution in [0, 0.1) is 5.41 Å². The highest BCUT2D eigenvalue weighted by Crippen LogP contribution is 2.37. The zero-order valence-corrected chi connectivity index (χ0v) is 11.2. The Morgan fingerprint density at radius 1 is 1.44 bits per heavy atom. The zero-order chi connectivity index (χ0) is 12.2. The largest absolute Gasteiger partial charge is 0.391 e. The number of hydrogen-bond donors (Lipinski definition) is 1. The summed E-state index contributed by atoms with van der Waals surface area (Å²) in [6, 6.07) is 0.296. The molecule has 0 aromatic heterocycles. The number of aliphatic hydroxyl groups excluding tert-OH is 1. The Kier molecular flexibility index (Phi) is 5.22. The van der Waals surface area contributed by atoms with Gasteiger partial charge in [-0.2, -0.15) is 0 Å². The Balaban J connectivity index is 2.45. The van der Waals surface area contributed by atoms with Crippen LogP contribution in [-0.4, -0.2) is 49.0 Å². The van der Waals surface area contributed by atoms with Crippen LogP contribution in [0.5, 0.6) is 0 Å². The van der Waals surface area contributed by atoms with Crippen LogP contribution in [0.15, 0.2) is 0 Å². The molecule has 0 aromatic rings. The molecule has 1 rings (SSSR count). The molecule has 1 aliphatic carbocycles. The number of aliphatic hydroxyl groups is 1. The number of rotatable bonds is 5. The van der Waals surface area contributed by atoms with E-state index in [1.807, 2.05) is 6.92 Å². The van der Waals surface area contributed by atoms with Gasteiger partial charge in [-0.1, -0.05) is 20.3 Å². The first-order valence-electron chi connectivity index (χ1n) is 6.45. The minimum Gasteiger partial charge on any atom is -0.391 e. The molecule has 0 radical (unpaired) electrons. The van der Waals surface area contributed by atoms with Crippen molar-refractivity contribution in [2.45, 2.75) is 52.2 Å². The lowest BCUT2D eigenvalue weighted by Crippen LogP contribution is -2.51. The zero-order valence-electron chi connectivity index (χ0n) is 11.2. The number of likely N-dealkylation sites (N-methyl/N-ethyl adjacent to an activating group) is 1. The van der Waals surface area contributed by atoms with Gasteiger partial charge in [-0.05, 0) is 32.2 Å². The molecule has 1 aliphatic rings. The molecule has 16 heavy (non-hydrogen) atoms. The topological polar surface area (TPSA) is 32.7 Å². The molecule has 0 bridgehead atoms. The Morgan fingerprint density at radius 3 is 2.75 bits per heavy atom. The summed E-state index contributed by atoms with van der Waals surface area (Å²) in [5.41, 5.74) is 0.0583. The Hall–Kier alpha value is -0.120. The minimum atomic E-state index is -0.215. The highest BCUT2D eigenvalue weighted by molar-refractivity contribution is 4.92. The molecule has 0 spiro atoms. The van der Waals surface area contributed by atoms with Crippen LogP contribution in [0.3, 0.4) is 0 Å². The van der Waals surface area contributed by atoms with E-state index < -0.39 is 0 Å². The van der Waals surface area contributed by atoms with E-state index in [-0.39, 0.29) is 11.5 Å². The first-order chi connectivity index (χ1) is 7.49. The van der Waals surface area contributed by atoms with E-state index in [4.69, 9.17) is 4.74 Å². The monoisotopic (exact) mass is 229 g/mol. The average molecular weight is 229 g/mol. The lowest BCUT2D eigenvalue weighted by atomic mass is 9.72. The number of nitrogens with zero attached hydrogens (tertiary/aromatic N) is 1. The average Bonchev–Trinajstić information content (AvgIpc) is 2.22. The summed E-state index contributed by atoms with van der Waals surface area (Å²) in [7, 11) is 2.09. The smallest absolute Gasteiger partial charge is 0.0746 e. The first kappa shape index (κ1) is 13.9. The fourth-order valence-corrected chi connectivity index (χ4v) is 2.57. The van der Waals surface area contributed by atoms with Gasteiger partial charge in [0.25, 0.3) is 0 Å². The van der Waals surface area contributed by atoms with Crippen LogP contribution in [-0.2, 0) is 4.74 Å². The molecular formula is C13H27NO2. The van der Waals surface area contributed by atoms with Crippen LogP contribution in [0.25, 0.3) is 0 Å². The first-order valence-corrected chi connectivity index (χ1v) is 6.45. The third-order valence-corrected chi connectivity index (χ3v) is 3.84. The van der Waals surface area contributed by atoms with Gasteiger partial charge >= 0.3 is 0 Å². The molecule has 0 aliphatic heterocycles. The number of ether oxygens (including phenoxy) is 1. The molecule has 3 nitrogen and oxygen atoms in total. The second-order valence-electron chi connectivity index (χ2n) is 5.57. The third-order valence-electron chi connectivity index (χ3n) is 3.84. The maximum atomic E-state index is 10.3. The van der Waals surface area contributed by atoms with E-state index in [0.29, 0.717) is 6.04 Å². The molecule has 0 heterocycles.